The molecule has 160 valence electrons. The summed E-state index contributed by atoms with van der Waals surface area (Å²) in [6.07, 6.45) is 10.9. The molecule has 29 heavy (non-hydrogen) atoms. The number of hydrogen-bond donors (Lipinski definition) is 0. The number of piperidine rings is 1. The van der Waals surface area contributed by atoms with Crippen LogP contribution in [0.3, 0.4) is 0 Å². The van der Waals surface area contributed by atoms with E-state index in [0.29, 0.717) is 18.4 Å². The number of carbonyl (C=O) groups excluding carboxylic acids is 1. The maximum atomic E-state index is 12.8. The van der Waals surface area contributed by atoms with E-state index < -0.39 is 0 Å². The molecule has 1 heterocycles. The van der Waals surface area contributed by atoms with Gasteiger partial charge in [0.1, 0.15) is 0 Å². The van der Waals surface area contributed by atoms with Gasteiger partial charge in [0.25, 0.3) is 0 Å². The van der Waals surface area contributed by atoms with E-state index in [1.807, 2.05) is 6.07 Å². The number of hydrogen-bond acceptors (Lipinski definition) is 4. The molecule has 1 aliphatic carbocycles. The van der Waals surface area contributed by atoms with Crippen LogP contribution in [0, 0.1) is 0 Å². The molecule has 0 N–H and O–H groups in total. The summed E-state index contributed by atoms with van der Waals surface area (Å²) < 4.78 is 10.7. The third kappa shape index (κ3) is 5.99. The fourth-order valence-electron chi connectivity index (χ4n) is 4.44. The second-order valence-corrected chi connectivity index (χ2v) is 8.34. The summed E-state index contributed by atoms with van der Waals surface area (Å²) in [4.78, 5) is 17.3. The average Bonchev–Trinajstić information content (AvgIpc) is 2.78. The first-order chi connectivity index (χ1) is 14.1. The van der Waals surface area contributed by atoms with Crippen molar-refractivity contribution in [3.8, 4) is 11.5 Å². The van der Waals surface area contributed by atoms with Gasteiger partial charge in [0.05, 0.1) is 14.2 Å². The molecule has 1 saturated heterocycles. The molecule has 1 atom stereocenters. The smallest absolute Gasteiger partial charge is 0.226 e. The zero-order chi connectivity index (χ0) is 20.6. The lowest BCUT2D eigenvalue weighted by Crippen LogP contribution is -2.49. The van der Waals surface area contributed by atoms with Gasteiger partial charge in [-0.25, -0.2) is 0 Å². The van der Waals surface area contributed by atoms with Gasteiger partial charge >= 0.3 is 0 Å². The summed E-state index contributed by atoms with van der Waals surface area (Å²) in [6.45, 7) is 2.73. The molecule has 0 aromatic heterocycles. The van der Waals surface area contributed by atoms with Gasteiger partial charge in [-0.2, -0.15) is 0 Å². The van der Waals surface area contributed by atoms with Gasteiger partial charge in [-0.15, -0.1) is 0 Å². The van der Waals surface area contributed by atoms with E-state index in [4.69, 9.17) is 9.47 Å². The second-order valence-electron chi connectivity index (χ2n) is 8.34. The number of likely N-dealkylation sites (N-methyl/N-ethyl adjacent to an activating group) is 1. The third-order valence-corrected chi connectivity index (χ3v) is 6.34. The summed E-state index contributed by atoms with van der Waals surface area (Å²) in [7, 11) is 5.51. The normalized spacial score (nSPS) is 19.8. The lowest BCUT2D eigenvalue weighted by Gasteiger charge is -2.38. The van der Waals surface area contributed by atoms with Crippen LogP contribution in [-0.4, -0.2) is 62.7 Å². The molecule has 1 fully saturated rings. The van der Waals surface area contributed by atoms with Gasteiger partial charge in [0.2, 0.25) is 5.91 Å². The van der Waals surface area contributed by atoms with Crippen molar-refractivity contribution in [2.45, 2.75) is 57.4 Å². The fraction of sp³-hybridized carbons (Fsp3) is 0.625. The molecule has 1 aromatic rings. The van der Waals surface area contributed by atoms with Crippen molar-refractivity contribution >= 4 is 5.91 Å². The Labute approximate surface area is 175 Å². The van der Waals surface area contributed by atoms with Crippen molar-refractivity contribution in [1.29, 1.82) is 0 Å². The van der Waals surface area contributed by atoms with Crippen molar-refractivity contribution < 1.29 is 14.3 Å². The number of rotatable bonds is 8. The summed E-state index contributed by atoms with van der Waals surface area (Å²) in [5, 5.41) is 0. The highest BCUT2D eigenvalue weighted by Crippen LogP contribution is 2.28. The Kier molecular flexibility index (Phi) is 7.99. The maximum Gasteiger partial charge on any atom is 0.226 e. The predicted octanol–water partition coefficient (Wildman–Crippen LogP) is 4.06. The van der Waals surface area contributed by atoms with Crippen molar-refractivity contribution in [2.24, 2.45) is 0 Å². The lowest BCUT2D eigenvalue weighted by atomic mass is 9.96. The van der Waals surface area contributed by atoms with E-state index in [-0.39, 0.29) is 0 Å². The van der Waals surface area contributed by atoms with Crippen molar-refractivity contribution in [2.75, 3.05) is 40.9 Å². The van der Waals surface area contributed by atoms with Gasteiger partial charge in [-0.05, 0) is 69.7 Å². The first kappa shape index (κ1) is 21.7. The Hall–Kier alpha value is -2.01. The van der Waals surface area contributed by atoms with Crippen LogP contribution < -0.4 is 9.47 Å². The summed E-state index contributed by atoms with van der Waals surface area (Å²) in [5.74, 6) is 1.86. The highest BCUT2D eigenvalue weighted by atomic mass is 16.5. The van der Waals surface area contributed by atoms with Gasteiger partial charge in [0, 0.05) is 32.1 Å². The van der Waals surface area contributed by atoms with E-state index in [2.05, 4.69) is 35.1 Å². The molecule has 1 aliphatic heterocycles. The Morgan fingerprint density at radius 3 is 2.72 bits per heavy atom. The third-order valence-electron chi connectivity index (χ3n) is 6.34. The standard InChI is InChI=1S/C24H36N2O3/c1-25(15-13-20-11-12-22(28-2)23(16-20)29-3)21-10-7-14-26(18-21)24(27)17-19-8-5-4-6-9-19/h8,11-12,16,21H,4-7,9-10,13-15,17-18H2,1-3H3. The first-order valence-corrected chi connectivity index (χ1v) is 11.0. The number of methoxy groups -OCH3 is 2. The Morgan fingerprint density at radius 1 is 1.17 bits per heavy atom. The van der Waals surface area contributed by atoms with Crippen LogP contribution in [0.4, 0.5) is 0 Å². The van der Waals surface area contributed by atoms with E-state index in [1.54, 1.807) is 14.2 Å². The molecule has 5 nitrogen and oxygen atoms in total. The van der Waals surface area contributed by atoms with Crippen LogP contribution in [-0.2, 0) is 11.2 Å². The second kappa shape index (κ2) is 10.7. The topological polar surface area (TPSA) is 42.0 Å². The van der Waals surface area contributed by atoms with Crippen LogP contribution in [0.5, 0.6) is 11.5 Å². The molecule has 1 unspecified atom stereocenters. The van der Waals surface area contributed by atoms with Gasteiger partial charge < -0.3 is 19.3 Å². The van der Waals surface area contributed by atoms with Crippen LogP contribution in [0.2, 0.25) is 0 Å². The quantitative estimate of drug-likeness (QED) is 0.617. The molecule has 1 amide bonds. The van der Waals surface area contributed by atoms with Crippen molar-refractivity contribution in [3.63, 3.8) is 0 Å². The Bertz CT molecular complexity index is 716. The van der Waals surface area contributed by atoms with Crippen LogP contribution in [0.1, 0.15) is 50.5 Å². The van der Waals surface area contributed by atoms with Gasteiger partial charge in [-0.3, -0.25) is 4.79 Å². The minimum Gasteiger partial charge on any atom is -0.493 e. The number of benzene rings is 1. The lowest BCUT2D eigenvalue weighted by molar-refractivity contribution is -0.132. The van der Waals surface area contributed by atoms with Crippen LogP contribution in [0.25, 0.3) is 0 Å². The molecule has 1 aromatic carbocycles. The number of allylic oxidation sites excluding steroid dienone is 1. The highest BCUT2D eigenvalue weighted by molar-refractivity contribution is 5.78. The number of nitrogens with zero attached hydrogens (tertiary/aromatic N) is 2. The minimum atomic E-state index is 0.316. The molecule has 0 spiro atoms. The highest BCUT2D eigenvalue weighted by Gasteiger charge is 2.26. The maximum absolute atomic E-state index is 12.8. The van der Waals surface area contributed by atoms with Crippen molar-refractivity contribution in [3.05, 3.63) is 35.4 Å². The molecule has 2 aliphatic rings. The molecular weight excluding hydrogens is 364 g/mol. The van der Waals surface area contributed by atoms with Crippen LogP contribution in [0.15, 0.2) is 29.8 Å². The molecule has 5 heteroatoms. The molecule has 0 radical (unpaired) electrons. The molecular formula is C24H36N2O3. The van der Waals surface area contributed by atoms with E-state index in [9.17, 15) is 4.79 Å². The number of likely N-dealkylation sites (tertiary alicyclic amines) is 1. The zero-order valence-electron chi connectivity index (χ0n) is 18.3. The average molecular weight is 401 g/mol. The summed E-state index contributed by atoms with van der Waals surface area (Å²) >= 11 is 0. The summed E-state index contributed by atoms with van der Waals surface area (Å²) in [6, 6.07) is 6.56. The molecule has 3 rings (SSSR count). The summed E-state index contributed by atoms with van der Waals surface area (Å²) in [5.41, 5.74) is 2.59. The van der Waals surface area contributed by atoms with Crippen LogP contribution >= 0.6 is 0 Å². The van der Waals surface area contributed by atoms with Gasteiger partial charge in [-0.1, -0.05) is 17.7 Å². The van der Waals surface area contributed by atoms with E-state index in [0.717, 1.165) is 63.2 Å². The Balaban J connectivity index is 1.50. The molecule has 0 saturated carbocycles. The monoisotopic (exact) mass is 400 g/mol. The Morgan fingerprint density at radius 2 is 2.00 bits per heavy atom. The SMILES string of the molecule is COc1ccc(CCN(C)C2CCCN(C(=O)CC3=CCCCC3)C2)cc1OC. The predicted molar refractivity (Wildman–Crippen MR) is 117 cm³/mol. The first-order valence-electron chi connectivity index (χ1n) is 11.0. The fourth-order valence-corrected chi connectivity index (χ4v) is 4.44. The van der Waals surface area contributed by atoms with E-state index in [1.165, 1.54) is 24.0 Å². The minimum absolute atomic E-state index is 0.316. The van der Waals surface area contributed by atoms with E-state index >= 15 is 0 Å². The number of ether oxygens (including phenoxy) is 2. The van der Waals surface area contributed by atoms with Gasteiger partial charge in [0.15, 0.2) is 11.5 Å². The largest absolute Gasteiger partial charge is 0.493 e. The number of carbonyl (C=O) groups is 1. The van der Waals surface area contributed by atoms with Crippen molar-refractivity contribution in [1.82, 2.24) is 9.80 Å². The number of amides is 1. The molecule has 0 bridgehead atoms. The zero-order valence-corrected chi connectivity index (χ0v) is 18.3.